The minimum absolute atomic E-state index is 0.0253. The number of nitrogens with zero attached hydrogens (tertiary/aromatic N) is 2. The zero-order valence-corrected chi connectivity index (χ0v) is 11.6. The second-order valence-electron chi connectivity index (χ2n) is 5.28. The number of hydrogen-bond acceptors (Lipinski definition) is 4. The van der Waals surface area contributed by atoms with Crippen molar-refractivity contribution < 1.29 is 14.3 Å². The molecule has 0 radical (unpaired) electrons. The molecule has 0 spiro atoms. The van der Waals surface area contributed by atoms with Crippen molar-refractivity contribution in [2.45, 2.75) is 38.7 Å². The highest BCUT2D eigenvalue weighted by atomic mass is 16.5. The number of nitriles is 1. The number of amides is 1. The fourth-order valence-electron chi connectivity index (χ4n) is 2.89. The van der Waals surface area contributed by atoms with Crippen LogP contribution in [-0.4, -0.2) is 49.8 Å². The van der Waals surface area contributed by atoms with Gasteiger partial charge in [0.1, 0.15) is 5.41 Å². The second-order valence-corrected chi connectivity index (χ2v) is 5.28. The van der Waals surface area contributed by atoms with Crippen LogP contribution in [-0.2, 0) is 14.3 Å². The van der Waals surface area contributed by atoms with Gasteiger partial charge in [0.05, 0.1) is 12.2 Å². The first-order valence-corrected chi connectivity index (χ1v) is 7.12. The Balaban J connectivity index is 2.03. The molecule has 2 aliphatic rings. The SMILES string of the molecule is CCOC1CCCN(C(=O)C2(C#N)CCOCC2)C1. The summed E-state index contributed by atoms with van der Waals surface area (Å²) in [6.45, 7) is 5.01. The van der Waals surface area contributed by atoms with E-state index < -0.39 is 5.41 Å². The number of ether oxygens (including phenoxy) is 2. The highest BCUT2D eigenvalue weighted by Gasteiger charge is 2.44. The number of rotatable bonds is 3. The lowest BCUT2D eigenvalue weighted by molar-refractivity contribution is -0.147. The van der Waals surface area contributed by atoms with Gasteiger partial charge in [-0.15, -0.1) is 0 Å². The summed E-state index contributed by atoms with van der Waals surface area (Å²) in [5.74, 6) is -0.0253. The van der Waals surface area contributed by atoms with E-state index in [1.54, 1.807) is 0 Å². The van der Waals surface area contributed by atoms with Crippen LogP contribution in [0.25, 0.3) is 0 Å². The molecule has 0 aliphatic carbocycles. The zero-order valence-electron chi connectivity index (χ0n) is 11.6. The van der Waals surface area contributed by atoms with Crippen molar-refractivity contribution in [2.75, 3.05) is 32.9 Å². The summed E-state index contributed by atoms with van der Waals surface area (Å²) in [6, 6.07) is 2.25. The van der Waals surface area contributed by atoms with Crippen LogP contribution in [0.15, 0.2) is 0 Å². The molecule has 2 fully saturated rings. The van der Waals surface area contributed by atoms with E-state index in [0.29, 0.717) is 39.2 Å². The van der Waals surface area contributed by atoms with Gasteiger partial charge in [0, 0.05) is 32.9 Å². The van der Waals surface area contributed by atoms with E-state index >= 15 is 0 Å². The molecule has 2 aliphatic heterocycles. The van der Waals surface area contributed by atoms with Gasteiger partial charge in [0.25, 0.3) is 0 Å². The van der Waals surface area contributed by atoms with Crippen molar-refractivity contribution in [1.29, 1.82) is 5.26 Å². The average molecular weight is 266 g/mol. The number of hydrogen-bond donors (Lipinski definition) is 0. The third kappa shape index (κ3) is 3.07. The Morgan fingerprint density at radius 1 is 1.53 bits per heavy atom. The second kappa shape index (κ2) is 6.36. The van der Waals surface area contributed by atoms with Crippen LogP contribution in [0.1, 0.15) is 32.6 Å². The maximum atomic E-state index is 12.6. The third-order valence-electron chi connectivity index (χ3n) is 4.04. The van der Waals surface area contributed by atoms with Crippen molar-refractivity contribution in [1.82, 2.24) is 4.90 Å². The van der Waals surface area contributed by atoms with E-state index in [2.05, 4.69) is 6.07 Å². The number of likely N-dealkylation sites (tertiary alicyclic amines) is 1. The van der Waals surface area contributed by atoms with Gasteiger partial charge in [0.15, 0.2) is 0 Å². The first-order valence-electron chi connectivity index (χ1n) is 7.12. The van der Waals surface area contributed by atoms with E-state index in [9.17, 15) is 10.1 Å². The van der Waals surface area contributed by atoms with E-state index in [1.165, 1.54) is 0 Å². The standard InChI is InChI=1S/C14H22N2O3/c1-2-19-12-4-3-7-16(10-12)13(17)14(11-15)5-8-18-9-6-14/h12H,2-10H2,1H3. The van der Waals surface area contributed by atoms with Crippen molar-refractivity contribution in [3.05, 3.63) is 0 Å². The normalized spacial score (nSPS) is 26.7. The molecule has 1 amide bonds. The summed E-state index contributed by atoms with van der Waals surface area (Å²) in [6.07, 6.45) is 3.10. The molecule has 0 aromatic carbocycles. The summed E-state index contributed by atoms with van der Waals surface area (Å²) in [4.78, 5) is 14.5. The average Bonchev–Trinajstić information content (AvgIpc) is 2.48. The lowest BCUT2D eigenvalue weighted by atomic mass is 9.80. The molecular weight excluding hydrogens is 244 g/mol. The third-order valence-corrected chi connectivity index (χ3v) is 4.04. The molecule has 0 bridgehead atoms. The number of piperidine rings is 1. The Morgan fingerprint density at radius 2 is 2.26 bits per heavy atom. The highest BCUT2D eigenvalue weighted by molar-refractivity contribution is 5.85. The summed E-state index contributed by atoms with van der Waals surface area (Å²) in [5.41, 5.74) is -0.869. The van der Waals surface area contributed by atoms with Gasteiger partial charge in [-0.2, -0.15) is 5.26 Å². The Labute approximate surface area is 114 Å². The molecule has 2 heterocycles. The predicted octanol–water partition coefficient (Wildman–Crippen LogP) is 1.33. The quantitative estimate of drug-likeness (QED) is 0.773. The first kappa shape index (κ1) is 14.3. The molecule has 2 rings (SSSR count). The molecule has 0 aromatic heterocycles. The van der Waals surface area contributed by atoms with Gasteiger partial charge in [0.2, 0.25) is 5.91 Å². The largest absolute Gasteiger partial charge is 0.381 e. The monoisotopic (exact) mass is 266 g/mol. The Morgan fingerprint density at radius 3 is 2.89 bits per heavy atom. The van der Waals surface area contributed by atoms with Gasteiger partial charge in [-0.1, -0.05) is 0 Å². The van der Waals surface area contributed by atoms with Gasteiger partial charge in [-0.3, -0.25) is 4.79 Å². The van der Waals surface area contributed by atoms with Crippen molar-refractivity contribution in [3.8, 4) is 6.07 Å². The lowest BCUT2D eigenvalue weighted by Crippen LogP contribution is -2.51. The minimum Gasteiger partial charge on any atom is -0.381 e. The van der Waals surface area contributed by atoms with Crippen LogP contribution in [0.5, 0.6) is 0 Å². The molecule has 1 unspecified atom stereocenters. The van der Waals surface area contributed by atoms with Crippen LogP contribution < -0.4 is 0 Å². The van der Waals surface area contributed by atoms with Gasteiger partial charge >= 0.3 is 0 Å². The summed E-state index contributed by atoms with van der Waals surface area (Å²) in [5, 5.41) is 9.43. The molecule has 2 saturated heterocycles. The van der Waals surface area contributed by atoms with Crippen LogP contribution >= 0.6 is 0 Å². The van der Waals surface area contributed by atoms with Crippen molar-refractivity contribution in [3.63, 3.8) is 0 Å². The molecule has 19 heavy (non-hydrogen) atoms. The molecule has 0 saturated carbocycles. The van der Waals surface area contributed by atoms with E-state index in [-0.39, 0.29) is 12.0 Å². The Kier molecular flexibility index (Phi) is 4.78. The van der Waals surface area contributed by atoms with E-state index in [1.807, 2.05) is 11.8 Å². The molecule has 0 aromatic rings. The summed E-state index contributed by atoms with van der Waals surface area (Å²) in [7, 11) is 0. The molecule has 0 N–H and O–H groups in total. The van der Waals surface area contributed by atoms with Crippen molar-refractivity contribution in [2.24, 2.45) is 5.41 Å². The summed E-state index contributed by atoms with van der Waals surface area (Å²) < 4.78 is 10.9. The van der Waals surface area contributed by atoms with E-state index in [0.717, 1.165) is 19.4 Å². The van der Waals surface area contributed by atoms with Gasteiger partial charge in [-0.25, -0.2) is 0 Å². The van der Waals surface area contributed by atoms with Gasteiger partial charge in [-0.05, 0) is 32.6 Å². The van der Waals surface area contributed by atoms with Crippen molar-refractivity contribution >= 4 is 5.91 Å². The predicted molar refractivity (Wildman–Crippen MR) is 69.3 cm³/mol. The molecule has 5 heteroatoms. The van der Waals surface area contributed by atoms with E-state index in [4.69, 9.17) is 9.47 Å². The minimum atomic E-state index is -0.869. The Hall–Kier alpha value is -1.12. The van der Waals surface area contributed by atoms with Crippen LogP contribution in [0.3, 0.4) is 0 Å². The maximum absolute atomic E-state index is 12.6. The molecule has 106 valence electrons. The van der Waals surface area contributed by atoms with Gasteiger partial charge < -0.3 is 14.4 Å². The van der Waals surface area contributed by atoms with Crippen LogP contribution in [0.2, 0.25) is 0 Å². The van der Waals surface area contributed by atoms with Crippen LogP contribution in [0.4, 0.5) is 0 Å². The lowest BCUT2D eigenvalue weighted by Gasteiger charge is -2.38. The highest BCUT2D eigenvalue weighted by Crippen LogP contribution is 2.33. The zero-order chi connectivity index (χ0) is 13.7. The topological polar surface area (TPSA) is 62.6 Å². The molecule has 1 atom stereocenters. The Bertz CT molecular complexity index is 356. The molecular formula is C14H22N2O3. The number of carbonyl (C=O) groups excluding carboxylic acids is 1. The summed E-state index contributed by atoms with van der Waals surface area (Å²) >= 11 is 0. The number of carbonyl (C=O) groups is 1. The maximum Gasteiger partial charge on any atom is 0.243 e. The first-order chi connectivity index (χ1) is 9.22. The fourth-order valence-corrected chi connectivity index (χ4v) is 2.89. The van der Waals surface area contributed by atoms with Crippen LogP contribution in [0, 0.1) is 16.7 Å². The molecule has 5 nitrogen and oxygen atoms in total. The fraction of sp³-hybridized carbons (Fsp3) is 0.857. The smallest absolute Gasteiger partial charge is 0.243 e.